The Morgan fingerprint density at radius 1 is 1.11 bits per heavy atom. The van der Waals surface area contributed by atoms with E-state index in [0.717, 1.165) is 36.0 Å². The Kier molecular flexibility index (Phi) is 6.54. The van der Waals surface area contributed by atoms with E-state index in [-0.39, 0.29) is 30.8 Å². The quantitative estimate of drug-likeness (QED) is 0.420. The van der Waals surface area contributed by atoms with Gasteiger partial charge in [0, 0.05) is 23.1 Å². The highest BCUT2D eigenvalue weighted by Crippen LogP contribution is 2.34. The highest BCUT2D eigenvalue weighted by Gasteiger charge is 2.39. The number of carbonyl (C=O) groups is 3. The number of amides is 4. The van der Waals surface area contributed by atoms with E-state index in [1.807, 2.05) is 30.3 Å². The minimum Gasteiger partial charge on any atom is -0.493 e. The maximum Gasteiger partial charge on any atom is 0.324 e. The molecule has 4 amide bonds. The molecule has 2 atom stereocenters. The van der Waals surface area contributed by atoms with Crippen LogP contribution in [0.1, 0.15) is 42.1 Å². The Hall–Kier alpha value is -4.01. The minimum absolute atomic E-state index is 0.0938. The van der Waals surface area contributed by atoms with Crippen LogP contribution in [-0.4, -0.2) is 54.5 Å². The van der Waals surface area contributed by atoms with Gasteiger partial charge in [0.05, 0.1) is 26.7 Å². The second-order valence-corrected chi connectivity index (χ2v) is 9.21. The molecule has 0 radical (unpaired) electrons. The number of nitrogens with zero attached hydrogens (tertiary/aromatic N) is 1. The fourth-order valence-corrected chi connectivity index (χ4v) is 5.20. The van der Waals surface area contributed by atoms with E-state index in [0.29, 0.717) is 17.9 Å². The number of ether oxygens (including phenoxy) is 2. The molecule has 0 spiro atoms. The lowest BCUT2D eigenvalue weighted by molar-refractivity contribution is -0.131. The number of benzene rings is 2. The number of fused-ring (bicyclic) bond motifs is 3. The van der Waals surface area contributed by atoms with Gasteiger partial charge >= 0.3 is 6.03 Å². The maximum absolute atomic E-state index is 12.9. The van der Waals surface area contributed by atoms with Crippen LogP contribution in [0.25, 0.3) is 10.9 Å². The first-order valence-electron chi connectivity index (χ1n) is 12.2. The fourth-order valence-electron chi connectivity index (χ4n) is 5.20. The van der Waals surface area contributed by atoms with Crippen molar-refractivity contribution in [1.82, 2.24) is 20.5 Å². The van der Waals surface area contributed by atoms with Crippen molar-refractivity contribution in [2.75, 3.05) is 20.8 Å². The monoisotopic (exact) mass is 490 g/mol. The Labute approximate surface area is 209 Å². The number of carbonyl (C=O) groups excluding carboxylic acids is 3. The molecule has 3 N–H and O–H groups in total. The Balaban J connectivity index is 1.20. The zero-order valence-electron chi connectivity index (χ0n) is 20.4. The molecule has 2 heterocycles. The van der Waals surface area contributed by atoms with Crippen LogP contribution in [0, 0.1) is 0 Å². The SMILES string of the molecule is COc1ccc(CCN2C(=O)NC(CC(=O)NC3CCCc4c3[nH]c3ccccc43)C2=O)cc1OC. The van der Waals surface area contributed by atoms with E-state index in [4.69, 9.17) is 9.47 Å². The molecule has 9 nitrogen and oxygen atoms in total. The molecule has 1 saturated heterocycles. The van der Waals surface area contributed by atoms with Crippen LogP contribution in [0.4, 0.5) is 4.79 Å². The standard InChI is InChI=1S/C27H30N4O5/c1-35-22-11-10-16(14-23(22)36-2)12-13-31-26(33)21(30-27(31)34)15-24(32)28-20-9-5-7-18-17-6-3-4-8-19(17)29-25(18)20/h3-4,6,8,10-11,14,20-21,29H,5,7,9,12-13,15H2,1-2H3,(H,28,32)(H,30,34). The average Bonchev–Trinajstić information content (AvgIpc) is 3.39. The van der Waals surface area contributed by atoms with Gasteiger partial charge in [0.1, 0.15) is 6.04 Å². The number of aromatic nitrogens is 1. The van der Waals surface area contributed by atoms with Gasteiger partial charge in [-0.05, 0) is 55.0 Å². The van der Waals surface area contributed by atoms with Crippen molar-refractivity contribution in [2.45, 2.75) is 44.2 Å². The van der Waals surface area contributed by atoms with Crippen LogP contribution in [-0.2, 0) is 22.4 Å². The van der Waals surface area contributed by atoms with Gasteiger partial charge in [0.15, 0.2) is 11.5 Å². The molecule has 0 bridgehead atoms. The molecule has 1 aromatic heterocycles. The first kappa shape index (κ1) is 23.7. The lowest BCUT2D eigenvalue weighted by Gasteiger charge is -2.24. The number of aromatic amines is 1. The summed E-state index contributed by atoms with van der Waals surface area (Å²) in [5.41, 5.74) is 4.25. The highest BCUT2D eigenvalue weighted by molar-refractivity contribution is 6.05. The highest BCUT2D eigenvalue weighted by atomic mass is 16.5. The van der Waals surface area contributed by atoms with Crippen molar-refractivity contribution >= 4 is 28.7 Å². The number of urea groups is 1. The predicted octanol–water partition coefficient (Wildman–Crippen LogP) is 3.23. The van der Waals surface area contributed by atoms with Crippen molar-refractivity contribution in [1.29, 1.82) is 0 Å². The molecule has 1 aliphatic carbocycles. The number of H-pyrrole nitrogens is 1. The van der Waals surface area contributed by atoms with Gasteiger partial charge in [0.2, 0.25) is 5.91 Å². The van der Waals surface area contributed by atoms with Crippen molar-refractivity contribution in [3.63, 3.8) is 0 Å². The minimum atomic E-state index is -0.867. The van der Waals surface area contributed by atoms with E-state index in [1.165, 1.54) is 15.8 Å². The number of rotatable bonds is 8. The third-order valence-electron chi connectivity index (χ3n) is 7.02. The Morgan fingerprint density at radius 2 is 1.92 bits per heavy atom. The predicted molar refractivity (Wildman–Crippen MR) is 134 cm³/mol. The summed E-state index contributed by atoms with van der Waals surface area (Å²) in [5, 5.41) is 6.93. The van der Waals surface area contributed by atoms with Crippen molar-refractivity contribution in [2.24, 2.45) is 0 Å². The van der Waals surface area contributed by atoms with E-state index < -0.39 is 12.1 Å². The Morgan fingerprint density at radius 3 is 2.72 bits per heavy atom. The number of hydrogen-bond donors (Lipinski definition) is 3. The molecule has 0 saturated carbocycles. The molecule has 2 unspecified atom stereocenters. The molecular weight excluding hydrogens is 460 g/mol. The van der Waals surface area contributed by atoms with E-state index in [2.05, 4.69) is 21.7 Å². The third kappa shape index (κ3) is 4.48. The molecule has 188 valence electrons. The van der Waals surface area contributed by atoms with Crippen LogP contribution in [0.5, 0.6) is 11.5 Å². The van der Waals surface area contributed by atoms with Crippen LogP contribution in [0.3, 0.4) is 0 Å². The summed E-state index contributed by atoms with van der Waals surface area (Å²) in [7, 11) is 3.12. The normalized spacial score (nSPS) is 19.2. The third-order valence-corrected chi connectivity index (χ3v) is 7.02. The molecule has 2 aliphatic rings. The zero-order valence-corrected chi connectivity index (χ0v) is 20.4. The summed E-state index contributed by atoms with van der Waals surface area (Å²) in [6, 6.07) is 12.1. The smallest absolute Gasteiger partial charge is 0.324 e. The molecule has 1 fully saturated rings. The molecule has 1 aliphatic heterocycles. The summed E-state index contributed by atoms with van der Waals surface area (Å²) in [4.78, 5) is 42.9. The van der Waals surface area contributed by atoms with Crippen LogP contribution in [0.15, 0.2) is 42.5 Å². The Bertz CT molecular complexity index is 1320. The molecular formula is C27H30N4O5. The van der Waals surface area contributed by atoms with Gasteiger partial charge in [-0.3, -0.25) is 14.5 Å². The van der Waals surface area contributed by atoms with Gasteiger partial charge in [-0.25, -0.2) is 4.79 Å². The molecule has 5 rings (SSSR count). The van der Waals surface area contributed by atoms with Gasteiger partial charge in [-0.2, -0.15) is 0 Å². The summed E-state index contributed by atoms with van der Waals surface area (Å²) < 4.78 is 10.6. The second-order valence-electron chi connectivity index (χ2n) is 9.21. The number of nitrogens with one attached hydrogen (secondary N) is 3. The van der Waals surface area contributed by atoms with E-state index in [9.17, 15) is 14.4 Å². The van der Waals surface area contributed by atoms with Gasteiger partial charge in [-0.1, -0.05) is 24.3 Å². The number of aryl methyl sites for hydroxylation is 1. The molecule has 9 heteroatoms. The largest absolute Gasteiger partial charge is 0.493 e. The lowest BCUT2D eigenvalue weighted by atomic mass is 9.91. The maximum atomic E-state index is 12.9. The molecule has 2 aromatic carbocycles. The first-order valence-corrected chi connectivity index (χ1v) is 12.2. The van der Waals surface area contributed by atoms with E-state index in [1.54, 1.807) is 20.3 Å². The lowest BCUT2D eigenvalue weighted by Crippen LogP contribution is -2.38. The van der Waals surface area contributed by atoms with Gasteiger partial charge in [0.25, 0.3) is 5.91 Å². The van der Waals surface area contributed by atoms with Gasteiger partial charge in [-0.15, -0.1) is 0 Å². The summed E-state index contributed by atoms with van der Waals surface area (Å²) in [6.45, 7) is 0.208. The van der Waals surface area contributed by atoms with Crippen molar-refractivity contribution in [3.8, 4) is 11.5 Å². The van der Waals surface area contributed by atoms with Gasteiger partial charge < -0.3 is 25.1 Å². The summed E-state index contributed by atoms with van der Waals surface area (Å²) in [6.07, 6.45) is 3.14. The summed E-state index contributed by atoms with van der Waals surface area (Å²) in [5.74, 6) is 0.555. The summed E-state index contributed by atoms with van der Waals surface area (Å²) >= 11 is 0. The first-order chi connectivity index (χ1) is 17.5. The number of methoxy groups -OCH3 is 2. The van der Waals surface area contributed by atoms with Crippen LogP contribution in [0.2, 0.25) is 0 Å². The fraction of sp³-hybridized carbons (Fsp3) is 0.370. The van der Waals surface area contributed by atoms with Crippen molar-refractivity contribution in [3.05, 3.63) is 59.3 Å². The zero-order chi connectivity index (χ0) is 25.2. The number of para-hydroxylation sites is 1. The molecule has 36 heavy (non-hydrogen) atoms. The average molecular weight is 491 g/mol. The van der Waals surface area contributed by atoms with E-state index >= 15 is 0 Å². The molecule has 3 aromatic rings. The number of hydrogen-bond acceptors (Lipinski definition) is 5. The van der Waals surface area contributed by atoms with Crippen molar-refractivity contribution < 1.29 is 23.9 Å². The number of imide groups is 1. The van der Waals surface area contributed by atoms with Crippen LogP contribution >= 0.6 is 0 Å². The topological polar surface area (TPSA) is 113 Å². The second kappa shape index (κ2) is 9.93. The van der Waals surface area contributed by atoms with Crippen LogP contribution < -0.4 is 20.1 Å².